The number of carbonyl (C=O) groups excluding carboxylic acids is 2. The molecular weight excluding hydrogens is 384 g/mol. The molecule has 2 amide bonds. The number of fused-ring (bicyclic) bond motifs is 1. The van der Waals surface area contributed by atoms with E-state index < -0.39 is 12.1 Å². The second-order valence-electron chi connectivity index (χ2n) is 6.02. The van der Waals surface area contributed by atoms with Gasteiger partial charge >= 0.3 is 0 Å². The van der Waals surface area contributed by atoms with Crippen LogP contribution in [0.4, 0.5) is 5.69 Å². The van der Waals surface area contributed by atoms with Crippen LogP contribution in [0.2, 0.25) is 0 Å². The van der Waals surface area contributed by atoms with Crippen molar-refractivity contribution < 1.29 is 15.5 Å². The van der Waals surface area contributed by atoms with Gasteiger partial charge < -0.3 is 27.0 Å². The Labute approximate surface area is 175 Å². The first-order valence-electron chi connectivity index (χ1n) is 9.05. The number of anilines is 1. The third-order valence-corrected chi connectivity index (χ3v) is 3.89. The molecule has 0 saturated carbocycles. The lowest BCUT2D eigenvalue weighted by atomic mass is 10.0. The first-order valence-corrected chi connectivity index (χ1v) is 9.05. The van der Waals surface area contributed by atoms with Crippen molar-refractivity contribution in [2.75, 3.05) is 12.4 Å². The molecule has 0 saturated heterocycles. The van der Waals surface area contributed by atoms with Gasteiger partial charge in [-0.15, -0.1) is 0 Å². The minimum Gasteiger partial charge on any atom is -0.363 e. The molecule has 3 aromatic rings. The Bertz CT molecular complexity index is 1040. The molecule has 30 heavy (non-hydrogen) atoms. The number of nitrogens with zero attached hydrogens (tertiary/aromatic N) is 2. The summed E-state index contributed by atoms with van der Waals surface area (Å²) in [7, 11) is 1.50. The maximum atomic E-state index is 11.8. The zero-order valence-corrected chi connectivity index (χ0v) is 16.7. The van der Waals surface area contributed by atoms with E-state index in [1.807, 2.05) is 54.6 Å². The van der Waals surface area contributed by atoms with Gasteiger partial charge in [0.05, 0.1) is 17.1 Å². The quantitative estimate of drug-likeness (QED) is 0.502. The number of nitrogens with one attached hydrogen (secondary N) is 1. The molecule has 158 valence electrons. The molecule has 0 radical (unpaired) electrons. The Morgan fingerprint density at radius 1 is 1.10 bits per heavy atom. The van der Waals surface area contributed by atoms with Crippen molar-refractivity contribution in [3.63, 3.8) is 0 Å². The number of hydrogen-bond acceptors (Lipinski definition) is 7. The van der Waals surface area contributed by atoms with Crippen LogP contribution in [0.5, 0.6) is 0 Å². The van der Waals surface area contributed by atoms with Crippen LogP contribution in [-0.2, 0) is 4.79 Å². The summed E-state index contributed by atoms with van der Waals surface area (Å²) in [5, 5.41) is 6.26. The zero-order valence-electron chi connectivity index (χ0n) is 16.7. The first kappa shape index (κ1) is 22.5. The van der Waals surface area contributed by atoms with Crippen LogP contribution in [0.25, 0.3) is 0 Å². The van der Waals surface area contributed by atoms with Crippen LogP contribution in [0.1, 0.15) is 28.8 Å². The average molecular weight is 410 g/mol. The number of primary amides is 1. The maximum Gasteiger partial charge on any atom is 0.287 e. The van der Waals surface area contributed by atoms with Crippen molar-refractivity contribution in [3.8, 4) is 0 Å². The van der Waals surface area contributed by atoms with Gasteiger partial charge in [-0.05, 0) is 20.0 Å². The summed E-state index contributed by atoms with van der Waals surface area (Å²) >= 11 is 0. The molecule has 1 aliphatic heterocycles. The minimum absolute atomic E-state index is 0. The standard InChI is InChI=1S/C15H13N3O.C5H6N2O2.CH5N.H2/c16-14-15(19)17-12-9-5-4-8-11(12)13(18-14)10-6-2-1-3-7-10;1-3-2-4(5(6)8)9-7-3;1-2;/h1-9,14H,16H2,(H,17,19);2H,1H3,(H2,6,8);2H2,1H3;1H. The number of para-hydroxylation sites is 1. The van der Waals surface area contributed by atoms with Gasteiger partial charge in [0.2, 0.25) is 5.76 Å². The molecule has 0 aliphatic carbocycles. The number of hydrogen-bond donors (Lipinski definition) is 4. The summed E-state index contributed by atoms with van der Waals surface area (Å²) in [5.41, 5.74) is 19.1. The van der Waals surface area contributed by atoms with Crippen molar-refractivity contribution in [2.24, 2.45) is 22.2 Å². The number of carbonyl (C=O) groups is 2. The van der Waals surface area contributed by atoms with E-state index in [0.29, 0.717) is 5.69 Å². The second-order valence-corrected chi connectivity index (χ2v) is 6.02. The molecule has 1 atom stereocenters. The Kier molecular flexibility index (Phi) is 7.98. The molecule has 2 aromatic carbocycles. The van der Waals surface area contributed by atoms with E-state index in [0.717, 1.165) is 22.5 Å². The van der Waals surface area contributed by atoms with Gasteiger partial charge in [0.25, 0.3) is 11.8 Å². The Morgan fingerprint density at radius 2 is 1.73 bits per heavy atom. The lowest BCUT2D eigenvalue weighted by Crippen LogP contribution is -2.33. The monoisotopic (exact) mass is 410 g/mol. The number of aryl methyl sites for hydroxylation is 1. The van der Waals surface area contributed by atoms with Crippen molar-refractivity contribution >= 4 is 23.2 Å². The van der Waals surface area contributed by atoms with Crippen LogP contribution in [0.15, 0.2) is 70.2 Å². The highest BCUT2D eigenvalue weighted by atomic mass is 16.5. The summed E-state index contributed by atoms with van der Waals surface area (Å²) in [6, 6.07) is 18.8. The molecule has 7 N–H and O–H groups in total. The minimum atomic E-state index is -0.886. The summed E-state index contributed by atoms with van der Waals surface area (Å²) < 4.78 is 4.50. The van der Waals surface area contributed by atoms with Gasteiger partial charge in [-0.2, -0.15) is 0 Å². The van der Waals surface area contributed by atoms with Crippen molar-refractivity contribution in [1.29, 1.82) is 0 Å². The van der Waals surface area contributed by atoms with E-state index >= 15 is 0 Å². The highest BCUT2D eigenvalue weighted by Crippen LogP contribution is 2.23. The summed E-state index contributed by atoms with van der Waals surface area (Å²) in [6.07, 6.45) is -0.886. The van der Waals surface area contributed by atoms with Gasteiger partial charge in [-0.25, -0.2) is 0 Å². The molecule has 9 nitrogen and oxygen atoms in total. The van der Waals surface area contributed by atoms with Crippen LogP contribution in [-0.4, -0.2) is 35.9 Å². The van der Waals surface area contributed by atoms with Gasteiger partial charge in [-0.3, -0.25) is 14.6 Å². The fraction of sp³-hybridized carbons (Fsp3) is 0.143. The van der Waals surface area contributed by atoms with Gasteiger partial charge in [0, 0.05) is 18.6 Å². The fourth-order valence-corrected chi connectivity index (χ4v) is 2.58. The van der Waals surface area contributed by atoms with E-state index in [4.69, 9.17) is 11.5 Å². The van der Waals surface area contributed by atoms with E-state index in [2.05, 4.69) is 25.7 Å². The van der Waals surface area contributed by atoms with E-state index in [1.54, 1.807) is 6.92 Å². The summed E-state index contributed by atoms with van der Waals surface area (Å²) in [4.78, 5) is 26.5. The fourth-order valence-electron chi connectivity index (χ4n) is 2.58. The summed E-state index contributed by atoms with van der Waals surface area (Å²) in [5.74, 6) is -0.776. The van der Waals surface area contributed by atoms with Crippen LogP contribution >= 0.6 is 0 Å². The number of benzene rings is 2. The number of nitrogens with two attached hydrogens (primary N) is 3. The molecule has 1 unspecified atom stereocenters. The van der Waals surface area contributed by atoms with Crippen LogP contribution in [0.3, 0.4) is 0 Å². The molecule has 0 fully saturated rings. The maximum absolute atomic E-state index is 11.8. The molecule has 9 heteroatoms. The molecule has 2 heterocycles. The van der Waals surface area contributed by atoms with Crippen molar-refractivity contribution in [1.82, 2.24) is 5.16 Å². The number of aliphatic imine (C=N–C) groups is 1. The predicted octanol–water partition coefficient (Wildman–Crippen LogP) is 1.66. The Hall–Kier alpha value is -3.82. The first-order chi connectivity index (χ1) is 14.5. The number of amides is 2. The molecule has 1 aliphatic rings. The van der Waals surface area contributed by atoms with Crippen molar-refractivity contribution in [2.45, 2.75) is 13.1 Å². The largest absolute Gasteiger partial charge is 0.363 e. The van der Waals surface area contributed by atoms with Crippen LogP contribution in [0, 0.1) is 6.92 Å². The molecule has 1 aromatic heterocycles. The lowest BCUT2D eigenvalue weighted by Gasteiger charge is -2.09. The molecule has 4 rings (SSSR count). The Morgan fingerprint density at radius 3 is 2.30 bits per heavy atom. The number of aromatic nitrogens is 1. The summed E-state index contributed by atoms with van der Waals surface area (Å²) in [6.45, 7) is 1.72. The van der Waals surface area contributed by atoms with Gasteiger partial charge in [0.15, 0.2) is 6.17 Å². The zero-order chi connectivity index (χ0) is 22.1. The molecular formula is C21H26N6O3. The van der Waals surface area contributed by atoms with E-state index in [-0.39, 0.29) is 13.1 Å². The highest BCUT2D eigenvalue weighted by Gasteiger charge is 2.22. The normalized spacial score (nSPS) is 14.5. The van der Waals surface area contributed by atoms with E-state index in [1.165, 1.54) is 13.1 Å². The predicted molar refractivity (Wildman–Crippen MR) is 117 cm³/mol. The van der Waals surface area contributed by atoms with Crippen molar-refractivity contribution in [3.05, 3.63) is 83.2 Å². The number of benzodiazepines with no additional fused rings is 1. The van der Waals surface area contributed by atoms with Crippen LogP contribution < -0.4 is 22.5 Å². The molecule has 0 bridgehead atoms. The number of rotatable bonds is 2. The van der Waals surface area contributed by atoms with Gasteiger partial charge in [-0.1, -0.05) is 53.7 Å². The Balaban J connectivity index is 0.000000340. The topological polar surface area (TPSA) is 163 Å². The molecule has 0 spiro atoms. The smallest absolute Gasteiger partial charge is 0.287 e. The average Bonchev–Trinajstić information content (AvgIpc) is 3.16. The third kappa shape index (κ3) is 5.60. The third-order valence-electron chi connectivity index (χ3n) is 3.89. The lowest BCUT2D eigenvalue weighted by molar-refractivity contribution is -0.117. The SMILES string of the molecule is CN.Cc1cc(C(N)=O)on1.NC1N=C(c2ccccc2)c2ccccc2NC1=O.[HH]. The van der Waals surface area contributed by atoms with E-state index in [9.17, 15) is 9.59 Å². The highest BCUT2D eigenvalue weighted by molar-refractivity contribution is 6.19. The van der Waals surface area contributed by atoms with Gasteiger partial charge in [0.1, 0.15) is 0 Å². The second kappa shape index (κ2) is 10.6.